The standard InChI is InChI=1S/C23H23F3N4O/c1-12(14-7-6-8-15(9-14)23(24,25)26)27-20-16-10-19-17(11-18(16)28-13(2)29-20)22(3,4)21(31)30(19)5/h6-12H,1-5H3,(H,27,28,29)/t12-/m1/s1. The number of fused-ring (bicyclic) bond motifs is 2. The number of likely N-dealkylation sites (N-methyl/N-ethyl adjacent to an activating group) is 1. The highest BCUT2D eigenvalue weighted by molar-refractivity contribution is 6.10. The highest BCUT2D eigenvalue weighted by Gasteiger charge is 2.42. The molecular formula is C23H23F3N4O. The number of aryl methyl sites for hydroxylation is 1. The summed E-state index contributed by atoms with van der Waals surface area (Å²) in [5, 5.41) is 3.95. The molecule has 31 heavy (non-hydrogen) atoms. The lowest BCUT2D eigenvalue weighted by Crippen LogP contribution is -2.33. The molecule has 3 aromatic rings. The molecule has 1 amide bonds. The van der Waals surface area contributed by atoms with Crippen molar-refractivity contribution in [3.63, 3.8) is 0 Å². The van der Waals surface area contributed by atoms with Gasteiger partial charge < -0.3 is 10.2 Å². The number of alkyl halides is 3. The highest BCUT2D eigenvalue weighted by Crippen LogP contribution is 2.43. The molecule has 4 rings (SSSR count). The number of benzene rings is 2. The Kier molecular flexibility index (Phi) is 4.72. The summed E-state index contributed by atoms with van der Waals surface area (Å²) in [5.74, 6) is 1.04. The number of carbonyl (C=O) groups is 1. The molecule has 1 aromatic heterocycles. The number of nitrogens with zero attached hydrogens (tertiary/aromatic N) is 3. The number of aromatic nitrogens is 2. The summed E-state index contributed by atoms with van der Waals surface area (Å²) in [4.78, 5) is 23.3. The summed E-state index contributed by atoms with van der Waals surface area (Å²) in [6.45, 7) is 7.30. The van der Waals surface area contributed by atoms with Gasteiger partial charge in [-0.25, -0.2) is 9.97 Å². The maximum Gasteiger partial charge on any atom is 0.416 e. The number of amides is 1. The molecule has 5 nitrogen and oxygen atoms in total. The highest BCUT2D eigenvalue weighted by atomic mass is 19.4. The Bertz CT molecular complexity index is 1200. The fraction of sp³-hybridized carbons (Fsp3) is 0.348. The van der Waals surface area contributed by atoms with Gasteiger partial charge in [-0.3, -0.25) is 4.79 Å². The molecule has 0 saturated carbocycles. The molecule has 1 N–H and O–H groups in total. The zero-order valence-corrected chi connectivity index (χ0v) is 17.9. The molecule has 8 heteroatoms. The predicted molar refractivity (Wildman–Crippen MR) is 114 cm³/mol. The van der Waals surface area contributed by atoms with Crippen LogP contribution in [-0.4, -0.2) is 22.9 Å². The van der Waals surface area contributed by atoms with Gasteiger partial charge in [-0.2, -0.15) is 13.2 Å². The molecule has 0 spiro atoms. The van der Waals surface area contributed by atoms with Crippen LogP contribution in [0.15, 0.2) is 36.4 Å². The van der Waals surface area contributed by atoms with Crippen LogP contribution in [0.1, 0.15) is 49.3 Å². The second kappa shape index (κ2) is 6.93. The molecule has 1 aliphatic rings. The Balaban J connectivity index is 1.78. The van der Waals surface area contributed by atoms with E-state index in [1.165, 1.54) is 6.07 Å². The first kappa shape index (κ1) is 21.1. The lowest BCUT2D eigenvalue weighted by atomic mass is 9.85. The van der Waals surface area contributed by atoms with Crippen molar-refractivity contribution in [3.05, 3.63) is 58.9 Å². The zero-order chi connectivity index (χ0) is 22.7. The van der Waals surface area contributed by atoms with Crippen LogP contribution in [0, 0.1) is 6.92 Å². The van der Waals surface area contributed by atoms with Crippen LogP contribution >= 0.6 is 0 Å². The average molecular weight is 428 g/mol. The normalized spacial score (nSPS) is 16.5. The van der Waals surface area contributed by atoms with Gasteiger partial charge in [0.05, 0.1) is 16.5 Å². The van der Waals surface area contributed by atoms with Crippen molar-refractivity contribution in [3.8, 4) is 0 Å². The van der Waals surface area contributed by atoms with Crippen LogP contribution in [-0.2, 0) is 16.4 Å². The molecule has 0 fully saturated rings. The summed E-state index contributed by atoms with van der Waals surface area (Å²) in [7, 11) is 1.73. The van der Waals surface area contributed by atoms with Crippen LogP contribution in [0.2, 0.25) is 0 Å². The summed E-state index contributed by atoms with van der Waals surface area (Å²) < 4.78 is 39.3. The summed E-state index contributed by atoms with van der Waals surface area (Å²) in [6, 6.07) is 8.59. The van der Waals surface area contributed by atoms with Gasteiger partial charge in [0.1, 0.15) is 11.6 Å². The van der Waals surface area contributed by atoms with Crippen molar-refractivity contribution >= 4 is 28.3 Å². The van der Waals surface area contributed by atoms with E-state index in [0.29, 0.717) is 28.1 Å². The topological polar surface area (TPSA) is 58.1 Å². The van der Waals surface area contributed by atoms with Crippen LogP contribution in [0.5, 0.6) is 0 Å². The molecule has 1 aliphatic heterocycles. The van der Waals surface area contributed by atoms with Crippen molar-refractivity contribution in [2.45, 2.75) is 45.3 Å². The lowest BCUT2D eigenvalue weighted by molar-refractivity contribution is -0.137. The largest absolute Gasteiger partial charge is 0.416 e. The van der Waals surface area contributed by atoms with E-state index in [1.807, 2.05) is 26.0 Å². The smallest absolute Gasteiger partial charge is 0.363 e. The van der Waals surface area contributed by atoms with E-state index >= 15 is 0 Å². The van der Waals surface area contributed by atoms with Gasteiger partial charge in [0, 0.05) is 24.2 Å². The number of halogens is 3. The fourth-order valence-electron chi connectivity index (χ4n) is 4.09. The molecule has 1 atom stereocenters. The van der Waals surface area contributed by atoms with Gasteiger partial charge in [-0.05, 0) is 63.1 Å². The number of nitrogens with one attached hydrogen (secondary N) is 1. The van der Waals surface area contributed by atoms with Gasteiger partial charge in [0.15, 0.2) is 0 Å². The van der Waals surface area contributed by atoms with Crippen molar-refractivity contribution in [2.24, 2.45) is 0 Å². The van der Waals surface area contributed by atoms with E-state index in [1.54, 1.807) is 31.9 Å². The first-order chi connectivity index (χ1) is 14.4. The maximum absolute atomic E-state index is 13.1. The van der Waals surface area contributed by atoms with Crippen molar-refractivity contribution in [2.75, 3.05) is 17.3 Å². The Labute approximate surface area is 178 Å². The fourth-order valence-corrected chi connectivity index (χ4v) is 4.09. The summed E-state index contributed by atoms with van der Waals surface area (Å²) in [5.41, 5.74) is 1.50. The molecule has 0 saturated heterocycles. The van der Waals surface area contributed by atoms with Crippen LogP contribution in [0.4, 0.5) is 24.7 Å². The van der Waals surface area contributed by atoms with E-state index in [0.717, 1.165) is 23.4 Å². The summed E-state index contributed by atoms with van der Waals surface area (Å²) >= 11 is 0. The van der Waals surface area contributed by atoms with E-state index in [2.05, 4.69) is 15.3 Å². The van der Waals surface area contributed by atoms with Gasteiger partial charge in [-0.1, -0.05) is 12.1 Å². The predicted octanol–water partition coefficient (Wildman–Crippen LogP) is 5.38. The van der Waals surface area contributed by atoms with Gasteiger partial charge >= 0.3 is 6.18 Å². The van der Waals surface area contributed by atoms with Crippen molar-refractivity contribution in [1.82, 2.24) is 9.97 Å². The van der Waals surface area contributed by atoms with Crippen LogP contribution in [0.3, 0.4) is 0 Å². The third kappa shape index (κ3) is 3.49. The third-order valence-electron chi connectivity index (χ3n) is 5.87. The molecular weight excluding hydrogens is 405 g/mol. The average Bonchev–Trinajstić information content (AvgIpc) is 2.86. The second-order valence-electron chi connectivity index (χ2n) is 8.48. The van der Waals surface area contributed by atoms with E-state index in [4.69, 9.17) is 0 Å². The first-order valence-electron chi connectivity index (χ1n) is 9.94. The molecule has 2 aromatic carbocycles. The number of hydrogen-bond acceptors (Lipinski definition) is 4. The Morgan fingerprint density at radius 2 is 1.84 bits per heavy atom. The summed E-state index contributed by atoms with van der Waals surface area (Å²) in [6.07, 6.45) is -4.40. The molecule has 0 radical (unpaired) electrons. The van der Waals surface area contributed by atoms with Gasteiger partial charge in [0.2, 0.25) is 5.91 Å². The second-order valence-corrected chi connectivity index (χ2v) is 8.48. The SMILES string of the molecule is Cc1nc(N[C@H](C)c2cccc(C(F)(F)F)c2)c2cc3c(cc2n1)C(C)(C)C(=O)N3C. The van der Waals surface area contributed by atoms with E-state index < -0.39 is 23.2 Å². The first-order valence-corrected chi connectivity index (χ1v) is 9.94. The van der Waals surface area contributed by atoms with Crippen molar-refractivity contribution in [1.29, 1.82) is 0 Å². The minimum absolute atomic E-state index is 0.00525. The minimum atomic E-state index is -4.40. The number of carbonyl (C=O) groups excluding carboxylic acids is 1. The Hall–Kier alpha value is -3.16. The van der Waals surface area contributed by atoms with Gasteiger partial charge in [-0.15, -0.1) is 0 Å². The van der Waals surface area contributed by atoms with Crippen LogP contribution < -0.4 is 10.2 Å². The Morgan fingerprint density at radius 1 is 1.13 bits per heavy atom. The molecule has 162 valence electrons. The zero-order valence-electron chi connectivity index (χ0n) is 17.9. The van der Waals surface area contributed by atoms with Crippen molar-refractivity contribution < 1.29 is 18.0 Å². The number of anilines is 2. The molecule has 0 unspecified atom stereocenters. The minimum Gasteiger partial charge on any atom is -0.363 e. The van der Waals surface area contributed by atoms with Gasteiger partial charge in [0.25, 0.3) is 0 Å². The molecule has 0 bridgehead atoms. The Morgan fingerprint density at radius 3 is 2.52 bits per heavy atom. The monoisotopic (exact) mass is 428 g/mol. The van der Waals surface area contributed by atoms with E-state index in [-0.39, 0.29) is 5.91 Å². The van der Waals surface area contributed by atoms with E-state index in [9.17, 15) is 18.0 Å². The lowest BCUT2D eigenvalue weighted by Gasteiger charge is -2.19. The maximum atomic E-state index is 13.1. The number of hydrogen-bond donors (Lipinski definition) is 1. The van der Waals surface area contributed by atoms with Crippen LogP contribution in [0.25, 0.3) is 10.9 Å². The number of rotatable bonds is 3. The third-order valence-corrected chi connectivity index (χ3v) is 5.87. The molecule has 0 aliphatic carbocycles. The quantitative estimate of drug-likeness (QED) is 0.608. The molecule has 2 heterocycles.